The Kier molecular flexibility index (Phi) is 6.25. The Bertz CT molecular complexity index is 272. The summed E-state index contributed by atoms with van der Waals surface area (Å²) in [6.07, 6.45) is 1.06. The molecule has 0 bridgehead atoms. The lowest BCUT2D eigenvalue weighted by molar-refractivity contribution is -0.138. The molecule has 6 heteroatoms. The molecule has 1 rings (SSSR count). The van der Waals surface area contributed by atoms with E-state index in [1.165, 1.54) is 0 Å². The third kappa shape index (κ3) is 7.39. The number of carbonyl (C=O) groups excluding carboxylic acids is 3. The van der Waals surface area contributed by atoms with E-state index in [9.17, 15) is 14.4 Å². The minimum atomic E-state index is -0.318. The van der Waals surface area contributed by atoms with Crippen molar-refractivity contribution >= 4 is 34.2 Å². The molecule has 0 saturated carbocycles. The van der Waals surface area contributed by atoms with Crippen molar-refractivity contribution in [3.8, 4) is 0 Å². The molecule has 1 unspecified atom stereocenters. The minimum absolute atomic E-state index is 0.171. The van der Waals surface area contributed by atoms with Crippen LogP contribution >= 0.6 is 15.9 Å². The molecule has 0 radical (unpaired) electrons. The van der Waals surface area contributed by atoms with Crippen LogP contribution in [-0.2, 0) is 19.1 Å². The topological polar surface area (TPSA) is 72.5 Å². The van der Waals surface area contributed by atoms with Gasteiger partial charge in [0.2, 0.25) is 11.8 Å². The molecular formula is C10H16BrNO4. The third-order valence-corrected chi connectivity index (χ3v) is 2.45. The highest BCUT2D eigenvalue weighted by molar-refractivity contribution is 9.10. The van der Waals surface area contributed by atoms with Crippen LogP contribution in [0.5, 0.6) is 0 Å². The van der Waals surface area contributed by atoms with Crippen molar-refractivity contribution in [1.29, 1.82) is 0 Å². The molecule has 16 heavy (non-hydrogen) atoms. The molecule has 1 aliphatic heterocycles. The monoisotopic (exact) mass is 293 g/mol. The Balaban J connectivity index is 0.000000293. The number of halogens is 1. The van der Waals surface area contributed by atoms with E-state index in [0.717, 1.165) is 0 Å². The van der Waals surface area contributed by atoms with Gasteiger partial charge in [0.15, 0.2) is 0 Å². The van der Waals surface area contributed by atoms with Gasteiger partial charge in [-0.15, -0.1) is 0 Å². The molecule has 1 atom stereocenters. The molecule has 0 aromatic carbocycles. The number of alkyl halides is 1. The van der Waals surface area contributed by atoms with Crippen molar-refractivity contribution in [3.05, 3.63) is 0 Å². The predicted molar refractivity (Wildman–Crippen MR) is 62.0 cm³/mol. The summed E-state index contributed by atoms with van der Waals surface area (Å²) in [5, 5.41) is 2.20. The van der Waals surface area contributed by atoms with E-state index < -0.39 is 0 Å². The van der Waals surface area contributed by atoms with Crippen molar-refractivity contribution < 1.29 is 19.1 Å². The van der Waals surface area contributed by atoms with Crippen LogP contribution in [0.15, 0.2) is 0 Å². The van der Waals surface area contributed by atoms with Crippen LogP contribution in [0.4, 0.5) is 0 Å². The molecule has 1 N–H and O–H groups in total. The highest BCUT2D eigenvalue weighted by Gasteiger charge is 2.23. The fraction of sp³-hybridized carbons (Fsp3) is 0.700. The van der Waals surface area contributed by atoms with Crippen LogP contribution in [0, 0.1) is 0 Å². The van der Waals surface area contributed by atoms with E-state index in [1.807, 2.05) is 20.8 Å². The number of rotatable bonds is 1. The number of imide groups is 1. The first-order valence-corrected chi connectivity index (χ1v) is 5.77. The van der Waals surface area contributed by atoms with Gasteiger partial charge in [-0.05, 0) is 27.2 Å². The van der Waals surface area contributed by atoms with E-state index in [-0.39, 0.29) is 22.2 Å². The van der Waals surface area contributed by atoms with Crippen LogP contribution < -0.4 is 5.32 Å². The zero-order valence-electron chi connectivity index (χ0n) is 9.58. The number of hydrogen-bond acceptors (Lipinski definition) is 4. The van der Waals surface area contributed by atoms with Gasteiger partial charge in [-0.25, -0.2) is 0 Å². The highest BCUT2D eigenvalue weighted by atomic mass is 79.9. The van der Waals surface area contributed by atoms with Gasteiger partial charge in [0.25, 0.3) is 6.47 Å². The lowest BCUT2D eigenvalue weighted by atomic mass is 10.1. The average Bonchev–Trinajstić information content (AvgIpc) is 2.11. The largest absolute Gasteiger partial charge is 0.462 e. The summed E-state index contributed by atoms with van der Waals surface area (Å²) in [7, 11) is 0. The number of carbonyl (C=O) groups is 3. The Morgan fingerprint density at radius 2 is 2.00 bits per heavy atom. The number of ether oxygens (including phenoxy) is 1. The van der Waals surface area contributed by atoms with E-state index >= 15 is 0 Å². The van der Waals surface area contributed by atoms with Crippen molar-refractivity contribution in [2.75, 3.05) is 0 Å². The summed E-state index contributed by atoms with van der Waals surface area (Å²) in [5.74, 6) is -0.387. The molecule has 1 fully saturated rings. The van der Waals surface area contributed by atoms with Crippen LogP contribution in [0.25, 0.3) is 0 Å². The summed E-state index contributed by atoms with van der Waals surface area (Å²) in [6, 6.07) is 0. The fourth-order valence-electron chi connectivity index (χ4n) is 0.811. The van der Waals surface area contributed by atoms with Crippen LogP contribution in [0.2, 0.25) is 0 Å². The molecule has 2 amide bonds. The molecule has 5 nitrogen and oxygen atoms in total. The summed E-state index contributed by atoms with van der Waals surface area (Å²) in [4.78, 5) is 30.5. The van der Waals surface area contributed by atoms with Gasteiger partial charge >= 0.3 is 0 Å². The Morgan fingerprint density at radius 3 is 2.25 bits per heavy atom. The van der Waals surface area contributed by atoms with Gasteiger partial charge in [-0.3, -0.25) is 19.7 Å². The van der Waals surface area contributed by atoms with E-state index in [4.69, 9.17) is 0 Å². The standard InChI is InChI=1S/C5H6BrNO2.C5H10O2/c6-3-1-2-4(8)7-5(3)9;1-5(2,3)7-4-6/h3H,1-2H2,(H,7,8,9);4H,1-3H3. The second-order valence-electron chi connectivity index (χ2n) is 4.25. The maximum absolute atomic E-state index is 10.6. The predicted octanol–water partition coefficient (Wildman–Crippen LogP) is 1.14. The SMILES string of the molecule is CC(C)(C)OC=O.O=C1CCC(Br)C(=O)N1. The van der Waals surface area contributed by atoms with Gasteiger partial charge < -0.3 is 4.74 Å². The molecular weight excluding hydrogens is 278 g/mol. The van der Waals surface area contributed by atoms with Gasteiger partial charge in [0.05, 0.1) is 4.83 Å². The first-order chi connectivity index (χ1) is 7.26. The maximum Gasteiger partial charge on any atom is 0.293 e. The lowest BCUT2D eigenvalue weighted by Gasteiger charge is -2.14. The summed E-state index contributed by atoms with van der Waals surface area (Å²) in [6.45, 7) is 5.92. The first-order valence-electron chi connectivity index (χ1n) is 4.85. The van der Waals surface area contributed by atoms with Crippen LogP contribution in [-0.4, -0.2) is 28.7 Å². The molecule has 1 saturated heterocycles. The minimum Gasteiger partial charge on any atom is -0.462 e. The summed E-state index contributed by atoms with van der Waals surface area (Å²) < 4.78 is 4.55. The first kappa shape index (κ1) is 15.1. The quantitative estimate of drug-likeness (QED) is 0.447. The van der Waals surface area contributed by atoms with Crippen molar-refractivity contribution in [3.63, 3.8) is 0 Å². The van der Waals surface area contributed by atoms with Crippen LogP contribution in [0.3, 0.4) is 0 Å². The molecule has 92 valence electrons. The second-order valence-corrected chi connectivity index (χ2v) is 5.35. The average molecular weight is 294 g/mol. The molecule has 0 aromatic rings. The third-order valence-electron chi connectivity index (χ3n) is 1.57. The lowest BCUT2D eigenvalue weighted by Crippen LogP contribution is -2.41. The van der Waals surface area contributed by atoms with Crippen molar-refractivity contribution in [1.82, 2.24) is 5.32 Å². The molecule has 1 aliphatic rings. The fourth-order valence-corrected chi connectivity index (χ4v) is 1.15. The Labute approximate surface area is 103 Å². The highest BCUT2D eigenvalue weighted by Crippen LogP contribution is 2.11. The van der Waals surface area contributed by atoms with Gasteiger partial charge in [0, 0.05) is 6.42 Å². The van der Waals surface area contributed by atoms with Gasteiger partial charge in [-0.2, -0.15) is 0 Å². The molecule has 0 spiro atoms. The van der Waals surface area contributed by atoms with Gasteiger partial charge in [-0.1, -0.05) is 15.9 Å². The Morgan fingerprint density at radius 1 is 1.44 bits per heavy atom. The van der Waals surface area contributed by atoms with E-state index in [2.05, 4.69) is 26.0 Å². The number of piperidine rings is 1. The molecule has 0 aliphatic carbocycles. The van der Waals surface area contributed by atoms with E-state index in [0.29, 0.717) is 19.3 Å². The summed E-state index contributed by atoms with van der Waals surface area (Å²) in [5.41, 5.74) is -0.318. The number of amides is 2. The second kappa shape index (κ2) is 6.62. The molecule has 1 heterocycles. The van der Waals surface area contributed by atoms with Crippen molar-refractivity contribution in [2.24, 2.45) is 0 Å². The number of nitrogens with one attached hydrogen (secondary N) is 1. The normalized spacial score (nSPS) is 20.4. The number of hydrogen-bond donors (Lipinski definition) is 1. The van der Waals surface area contributed by atoms with Crippen LogP contribution in [0.1, 0.15) is 33.6 Å². The zero-order chi connectivity index (χ0) is 12.8. The van der Waals surface area contributed by atoms with Gasteiger partial charge in [0.1, 0.15) is 5.60 Å². The zero-order valence-corrected chi connectivity index (χ0v) is 11.2. The molecule has 0 aromatic heterocycles. The van der Waals surface area contributed by atoms with E-state index in [1.54, 1.807) is 0 Å². The smallest absolute Gasteiger partial charge is 0.293 e. The Hall–Kier alpha value is -0.910. The summed E-state index contributed by atoms with van der Waals surface area (Å²) >= 11 is 3.12. The maximum atomic E-state index is 10.6. The van der Waals surface area contributed by atoms with Crippen molar-refractivity contribution in [2.45, 2.75) is 44.0 Å².